The highest BCUT2D eigenvalue weighted by atomic mass is 16.4. The zero-order chi connectivity index (χ0) is 10.7. The summed E-state index contributed by atoms with van der Waals surface area (Å²) in [7, 11) is 0. The van der Waals surface area contributed by atoms with Crippen molar-refractivity contribution in [2.75, 3.05) is 0 Å². The summed E-state index contributed by atoms with van der Waals surface area (Å²) in [6, 6.07) is 0. The van der Waals surface area contributed by atoms with Crippen LogP contribution in [0.25, 0.3) is 0 Å². The Morgan fingerprint density at radius 2 is 1.80 bits per heavy atom. The van der Waals surface area contributed by atoms with Gasteiger partial charge < -0.3 is 5.11 Å². The largest absolute Gasteiger partial charge is 0.481 e. The summed E-state index contributed by atoms with van der Waals surface area (Å²) >= 11 is 0. The number of carboxylic acid groups (broad SMARTS) is 1. The van der Waals surface area contributed by atoms with Crippen LogP contribution in [0.2, 0.25) is 0 Å². The van der Waals surface area contributed by atoms with Crippen molar-refractivity contribution in [3.8, 4) is 0 Å². The Kier molecular flexibility index (Phi) is 3.66. The molecule has 0 amide bonds. The molecular weight excluding hydrogens is 188 g/mol. The van der Waals surface area contributed by atoms with Crippen LogP contribution in [-0.2, 0) is 4.79 Å². The van der Waals surface area contributed by atoms with Gasteiger partial charge in [-0.15, -0.1) is 0 Å². The molecule has 3 atom stereocenters. The lowest BCUT2D eigenvalue weighted by Crippen LogP contribution is -2.27. The second kappa shape index (κ2) is 5.00. The molecule has 86 valence electrons. The first-order chi connectivity index (χ1) is 7.25. The predicted octanol–water partition coefficient (Wildman–Crippen LogP) is 3.46. The molecule has 0 saturated heterocycles. The molecule has 0 aromatic carbocycles. The van der Waals surface area contributed by atoms with E-state index >= 15 is 0 Å². The van der Waals surface area contributed by atoms with Crippen LogP contribution >= 0.6 is 0 Å². The summed E-state index contributed by atoms with van der Waals surface area (Å²) in [5.74, 6) is 2.01. The molecule has 0 unspecified atom stereocenters. The maximum atomic E-state index is 10.5. The lowest BCUT2D eigenvalue weighted by Gasteiger charge is -2.39. The van der Waals surface area contributed by atoms with Crippen LogP contribution in [0.3, 0.4) is 0 Å². The van der Waals surface area contributed by atoms with Gasteiger partial charge in [-0.25, -0.2) is 0 Å². The van der Waals surface area contributed by atoms with Crippen molar-refractivity contribution in [2.45, 2.75) is 57.8 Å². The minimum Gasteiger partial charge on any atom is -0.481 e. The van der Waals surface area contributed by atoms with E-state index in [1.165, 1.54) is 44.9 Å². The summed E-state index contributed by atoms with van der Waals surface area (Å²) in [6.07, 6.45) is 11.0. The first-order valence-corrected chi connectivity index (χ1v) is 6.47. The number of aliphatic carboxylic acids is 1. The third-order valence-electron chi connectivity index (χ3n) is 4.41. The summed E-state index contributed by atoms with van der Waals surface area (Å²) in [6.45, 7) is 0. The average Bonchev–Trinajstić information content (AvgIpc) is 2.26. The van der Waals surface area contributed by atoms with Crippen LogP contribution in [0.1, 0.15) is 57.8 Å². The van der Waals surface area contributed by atoms with E-state index in [1.807, 2.05) is 0 Å². The molecule has 0 spiro atoms. The lowest BCUT2D eigenvalue weighted by molar-refractivity contribution is -0.137. The first kappa shape index (κ1) is 11.0. The predicted molar refractivity (Wildman–Crippen MR) is 59.7 cm³/mol. The molecule has 0 aromatic heterocycles. The van der Waals surface area contributed by atoms with Crippen LogP contribution in [0.4, 0.5) is 0 Å². The Morgan fingerprint density at radius 3 is 2.53 bits per heavy atom. The van der Waals surface area contributed by atoms with Crippen LogP contribution in [-0.4, -0.2) is 11.1 Å². The molecule has 2 aliphatic rings. The van der Waals surface area contributed by atoms with Crippen LogP contribution < -0.4 is 0 Å². The number of carboxylic acids is 1. The second-order valence-corrected chi connectivity index (χ2v) is 5.42. The van der Waals surface area contributed by atoms with Crippen LogP contribution in [0, 0.1) is 17.8 Å². The Morgan fingerprint density at radius 1 is 1.07 bits per heavy atom. The Labute approximate surface area is 92.1 Å². The highest BCUT2D eigenvalue weighted by Gasteiger charge is 2.31. The third kappa shape index (κ3) is 2.96. The maximum Gasteiger partial charge on any atom is 0.303 e. The van der Waals surface area contributed by atoms with Gasteiger partial charge in [-0.1, -0.05) is 32.1 Å². The average molecular weight is 210 g/mol. The van der Waals surface area contributed by atoms with Gasteiger partial charge in [0, 0.05) is 6.42 Å². The van der Waals surface area contributed by atoms with Gasteiger partial charge in [0.25, 0.3) is 0 Å². The molecule has 0 bridgehead atoms. The van der Waals surface area contributed by atoms with E-state index in [4.69, 9.17) is 5.11 Å². The molecule has 0 heterocycles. The summed E-state index contributed by atoms with van der Waals surface area (Å²) < 4.78 is 0. The fraction of sp³-hybridized carbons (Fsp3) is 0.923. The molecule has 0 aliphatic heterocycles. The topological polar surface area (TPSA) is 37.3 Å². The summed E-state index contributed by atoms with van der Waals surface area (Å²) in [5, 5.41) is 8.68. The third-order valence-corrected chi connectivity index (χ3v) is 4.41. The normalized spacial score (nSPS) is 35.9. The quantitative estimate of drug-likeness (QED) is 0.774. The minimum absolute atomic E-state index is 0.377. The van der Waals surface area contributed by atoms with E-state index in [0.29, 0.717) is 12.3 Å². The van der Waals surface area contributed by atoms with Gasteiger partial charge in [0.1, 0.15) is 0 Å². The summed E-state index contributed by atoms with van der Waals surface area (Å²) in [4.78, 5) is 10.5. The van der Waals surface area contributed by atoms with Crippen molar-refractivity contribution >= 4 is 5.97 Å². The summed E-state index contributed by atoms with van der Waals surface area (Å²) in [5.41, 5.74) is 0. The zero-order valence-corrected chi connectivity index (χ0v) is 9.45. The van der Waals surface area contributed by atoms with E-state index in [2.05, 4.69) is 0 Å². The molecule has 2 rings (SSSR count). The smallest absolute Gasteiger partial charge is 0.303 e. The SMILES string of the molecule is O=C(O)CC[C@@H]1CC[C@H]2CCCC[C@H]2C1. The number of carbonyl (C=O) groups is 1. The van der Waals surface area contributed by atoms with Crippen molar-refractivity contribution in [3.05, 3.63) is 0 Å². The van der Waals surface area contributed by atoms with Crippen molar-refractivity contribution in [1.82, 2.24) is 0 Å². The highest BCUT2D eigenvalue weighted by Crippen LogP contribution is 2.43. The van der Waals surface area contributed by atoms with Gasteiger partial charge in [0.2, 0.25) is 0 Å². The van der Waals surface area contributed by atoms with Gasteiger partial charge in [-0.05, 0) is 37.0 Å². The number of hydrogen-bond acceptors (Lipinski definition) is 1. The van der Waals surface area contributed by atoms with E-state index in [1.54, 1.807) is 0 Å². The monoisotopic (exact) mass is 210 g/mol. The first-order valence-electron chi connectivity index (χ1n) is 6.47. The fourth-order valence-electron chi connectivity index (χ4n) is 3.56. The molecule has 15 heavy (non-hydrogen) atoms. The van der Waals surface area contributed by atoms with Crippen molar-refractivity contribution in [2.24, 2.45) is 17.8 Å². The molecular formula is C13H22O2. The Balaban J connectivity index is 1.78. The van der Waals surface area contributed by atoms with E-state index in [0.717, 1.165) is 18.3 Å². The van der Waals surface area contributed by atoms with Crippen LogP contribution in [0.5, 0.6) is 0 Å². The Hall–Kier alpha value is -0.530. The highest BCUT2D eigenvalue weighted by molar-refractivity contribution is 5.66. The van der Waals surface area contributed by atoms with E-state index < -0.39 is 5.97 Å². The Bertz CT molecular complexity index is 225. The van der Waals surface area contributed by atoms with Crippen molar-refractivity contribution in [1.29, 1.82) is 0 Å². The van der Waals surface area contributed by atoms with Crippen molar-refractivity contribution < 1.29 is 9.90 Å². The number of hydrogen-bond donors (Lipinski definition) is 1. The molecule has 2 heteroatoms. The number of rotatable bonds is 3. The van der Waals surface area contributed by atoms with Gasteiger partial charge >= 0.3 is 5.97 Å². The van der Waals surface area contributed by atoms with E-state index in [-0.39, 0.29) is 0 Å². The molecule has 0 radical (unpaired) electrons. The maximum absolute atomic E-state index is 10.5. The fourth-order valence-corrected chi connectivity index (χ4v) is 3.56. The minimum atomic E-state index is -0.624. The lowest BCUT2D eigenvalue weighted by atomic mass is 9.67. The molecule has 2 aliphatic carbocycles. The number of fused-ring (bicyclic) bond motifs is 1. The molecule has 2 nitrogen and oxygen atoms in total. The zero-order valence-electron chi connectivity index (χ0n) is 9.45. The van der Waals surface area contributed by atoms with Crippen molar-refractivity contribution in [3.63, 3.8) is 0 Å². The molecule has 1 N–H and O–H groups in total. The van der Waals surface area contributed by atoms with E-state index in [9.17, 15) is 4.79 Å². The molecule has 2 saturated carbocycles. The second-order valence-electron chi connectivity index (χ2n) is 5.42. The van der Waals surface area contributed by atoms with Gasteiger partial charge in [-0.3, -0.25) is 4.79 Å². The van der Waals surface area contributed by atoms with Crippen LogP contribution in [0.15, 0.2) is 0 Å². The van der Waals surface area contributed by atoms with Gasteiger partial charge in [0.15, 0.2) is 0 Å². The molecule has 0 aromatic rings. The van der Waals surface area contributed by atoms with Gasteiger partial charge in [-0.2, -0.15) is 0 Å². The standard InChI is InChI=1S/C13H22O2/c14-13(15)8-6-10-5-7-11-3-1-2-4-12(11)9-10/h10-12H,1-9H2,(H,14,15)/t10-,11+,12-/m0/s1. The molecule has 2 fully saturated rings. The van der Waals surface area contributed by atoms with Gasteiger partial charge in [0.05, 0.1) is 0 Å².